The third-order valence-corrected chi connectivity index (χ3v) is 6.79. The molecule has 0 aromatic heterocycles. The number of aliphatic hydroxyl groups excluding tert-OH is 1. The molecule has 2 saturated carbocycles. The van der Waals surface area contributed by atoms with Crippen molar-refractivity contribution in [3.05, 3.63) is 24.3 Å². The van der Waals surface area contributed by atoms with Gasteiger partial charge < -0.3 is 19.5 Å². The molecule has 150 valence electrons. The highest BCUT2D eigenvalue weighted by atomic mass is 16.5. The van der Waals surface area contributed by atoms with Gasteiger partial charge in [0.05, 0.1) is 25.5 Å². The van der Waals surface area contributed by atoms with E-state index in [4.69, 9.17) is 9.47 Å². The average Bonchev–Trinajstić information content (AvgIpc) is 3.32. The number of aliphatic hydroxyl groups is 1. The average molecular weight is 375 g/mol. The van der Waals surface area contributed by atoms with E-state index in [2.05, 4.69) is 21.9 Å². The molecule has 3 aliphatic rings. The summed E-state index contributed by atoms with van der Waals surface area (Å²) in [6.07, 6.45) is 5.22. The molecule has 1 aromatic rings. The van der Waals surface area contributed by atoms with Crippen LogP contribution in [0.2, 0.25) is 0 Å². The Labute approximate surface area is 163 Å². The van der Waals surface area contributed by atoms with Crippen LogP contribution in [0.1, 0.15) is 25.7 Å². The van der Waals surface area contributed by atoms with Crippen LogP contribution in [-0.4, -0.2) is 69.2 Å². The standard InChI is InChI=1S/C22H34N2O3/c1-26-22-5-3-2-4-21(22)24-10-8-23(9-11-24)14-20(25)16-27-15-19-13-17-6-7-18(19)12-17/h2-5,17-20,25H,6-16H2,1H3/t17-,18-,19-,20-/m0/s1. The minimum atomic E-state index is -0.388. The van der Waals surface area contributed by atoms with Crippen molar-refractivity contribution in [1.29, 1.82) is 0 Å². The van der Waals surface area contributed by atoms with Gasteiger partial charge in [-0.1, -0.05) is 18.6 Å². The number of ether oxygens (including phenoxy) is 2. The number of anilines is 1. The Morgan fingerprint density at radius 2 is 1.93 bits per heavy atom. The molecular formula is C22H34N2O3. The van der Waals surface area contributed by atoms with E-state index < -0.39 is 0 Å². The number of hydrogen-bond acceptors (Lipinski definition) is 5. The van der Waals surface area contributed by atoms with Crippen LogP contribution < -0.4 is 9.64 Å². The number of hydrogen-bond donors (Lipinski definition) is 1. The molecule has 2 bridgehead atoms. The van der Waals surface area contributed by atoms with Gasteiger partial charge in [0.1, 0.15) is 5.75 Å². The molecule has 4 rings (SSSR count). The lowest BCUT2D eigenvalue weighted by molar-refractivity contribution is -0.00274. The maximum atomic E-state index is 10.4. The Morgan fingerprint density at radius 3 is 2.63 bits per heavy atom. The van der Waals surface area contributed by atoms with Crippen molar-refractivity contribution < 1.29 is 14.6 Å². The van der Waals surface area contributed by atoms with Crippen molar-refractivity contribution in [2.75, 3.05) is 57.9 Å². The van der Waals surface area contributed by atoms with Gasteiger partial charge in [0, 0.05) is 39.3 Å². The third-order valence-electron chi connectivity index (χ3n) is 6.79. The largest absolute Gasteiger partial charge is 0.495 e. The maximum absolute atomic E-state index is 10.4. The molecule has 27 heavy (non-hydrogen) atoms. The molecule has 5 heteroatoms. The summed E-state index contributed by atoms with van der Waals surface area (Å²) in [6, 6.07) is 8.19. The second-order valence-corrected chi connectivity index (χ2v) is 8.59. The van der Waals surface area contributed by atoms with Crippen molar-refractivity contribution in [3.8, 4) is 5.75 Å². The maximum Gasteiger partial charge on any atom is 0.142 e. The van der Waals surface area contributed by atoms with Crippen LogP contribution in [0, 0.1) is 17.8 Å². The predicted molar refractivity (Wildman–Crippen MR) is 107 cm³/mol. The molecule has 1 N–H and O–H groups in total. The van der Waals surface area contributed by atoms with Crippen LogP contribution in [0.3, 0.4) is 0 Å². The highest BCUT2D eigenvalue weighted by molar-refractivity contribution is 5.58. The van der Waals surface area contributed by atoms with Gasteiger partial charge in [-0.25, -0.2) is 0 Å². The Hall–Kier alpha value is -1.30. The first-order valence-corrected chi connectivity index (χ1v) is 10.6. The van der Waals surface area contributed by atoms with Crippen LogP contribution in [0.4, 0.5) is 5.69 Å². The van der Waals surface area contributed by atoms with Gasteiger partial charge in [-0.3, -0.25) is 4.90 Å². The molecule has 2 aliphatic carbocycles. The number of nitrogens with zero attached hydrogens (tertiary/aromatic N) is 2. The van der Waals surface area contributed by atoms with E-state index >= 15 is 0 Å². The smallest absolute Gasteiger partial charge is 0.142 e. The number of rotatable bonds is 8. The van der Waals surface area contributed by atoms with Gasteiger partial charge in [-0.2, -0.15) is 0 Å². The predicted octanol–water partition coefficient (Wildman–Crippen LogP) is 2.63. The zero-order valence-corrected chi connectivity index (χ0v) is 16.6. The molecule has 5 nitrogen and oxygen atoms in total. The highest BCUT2D eigenvalue weighted by Crippen LogP contribution is 2.48. The third kappa shape index (κ3) is 4.58. The molecule has 1 aromatic carbocycles. The molecule has 0 spiro atoms. The molecule has 4 atom stereocenters. The fraction of sp³-hybridized carbons (Fsp3) is 0.727. The van der Waals surface area contributed by atoms with Crippen LogP contribution >= 0.6 is 0 Å². The summed E-state index contributed by atoms with van der Waals surface area (Å²) in [7, 11) is 1.72. The Bertz CT molecular complexity index is 603. The molecule has 1 aliphatic heterocycles. The number of benzene rings is 1. The Balaban J connectivity index is 1.15. The minimum absolute atomic E-state index is 0.388. The fourth-order valence-corrected chi connectivity index (χ4v) is 5.35. The lowest BCUT2D eigenvalue weighted by Crippen LogP contribution is -2.49. The molecule has 0 unspecified atom stereocenters. The summed E-state index contributed by atoms with van der Waals surface area (Å²) >= 11 is 0. The van der Waals surface area contributed by atoms with Gasteiger partial charge >= 0.3 is 0 Å². The normalized spacial score (nSPS) is 29.3. The van der Waals surface area contributed by atoms with Gasteiger partial charge in [0.25, 0.3) is 0 Å². The second kappa shape index (κ2) is 8.80. The number of para-hydroxylation sites is 2. The van der Waals surface area contributed by atoms with Crippen LogP contribution in [0.15, 0.2) is 24.3 Å². The van der Waals surface area contributed by atoms with Gasteiger partial charge in [0.2, 0.25) is 0 Å². The van der Waals surface area contributed by atoms with E-state index in [1.54, 1.807) is 7.11 Å². The summed E-state index contributed by atoms with van der Waals surface area (Å²) in [6.45, 7) is 5.86. The first kappa shape index (κ1) is 19.0. The van der Waals surface area contributed by atoms with Crippen LogP contribution in [0.5, 0.6) is 5.75 Å². The van der Waals surface area contributed by atoms with Crippen molar-refractivity contribution >= 4 is 5.69 Å². The molecule has 3 fully saturated rings. The zero-order chi connectivity index (χ0) is 18.6. The molecular weight excluding hydrogens is 340 g/mol. The van der Waals surface area contributed by atoms with Crippen molar-refractivity contribution in [2.45, 2.75) is 31.8 Å². The summed E-state index contributed by atoms with van der Waals surface area (Å²) < 4.78 is 11.4. The summed E-state index contributed by atoms with van der Waals surface area (Å²) in [5, 5.41) is 10.4. The zero-order valence-electron chi connectivity index (χ0n) is 16.6. The first-order valence-electron chi connectivity index (χ1n) is 10.6. The van der Waals surface area contributed by atoms with E-state index in [0.717, 1.165) is 62.0 Å². The highest BCUT2D eigenvalue weighted by Gasteiger charge is 2.39. The fourth-order valence-electron chi connectivity index (χ4n) is 5.35. The van der Waals surface area contributed by atoms with Gasteiger partial charge in [0.15, 0.2) is 0 Å². The van der Waals surface area contributed by atoms with Gasteiger partial charge in [-0.05, 0) is 49.1 Å². The van der Waals surface area contributed by atoms with Crippen LogP contribution in [0.25, 0.3) is 0 Å². The second-order valence-electron chi connectivity index (χ2n) is 8.59. The van der Waals surface area contributed by atoms with Gasteiger partial charge in [-0.15, -0.1) is 0 Å². The number of methoxy groups -OCH3 is 1. The Morgan fingerprint density at radius 1 is 1.11 bits per heavy atom. The van der Waals surface area contributed by atoms with Crippen molar-refractivity contribution in [2.24, 2.45) is 17.8 Å². The number of β-amino-alcohol motifs (C(OH)–C–C–N with tert-alkyl or cyclic N) is 1. The molecule has 0 amide bonds. The Kier molecular flexibility index (Phi) is 6.21. The van der Waals surface area contributed by atoms with E-state index in [9.17, 15) is 5.11 Å². The van der Waals surface area contributed by atoms with E-state index in [-0.39, 0.29) is 6.10 Å². The van der Waals surface area contributed by atoms with E-state index in [0.29, 0.717) is 13.2 Å². The van der Waals surface area contributed by atoms with Crippen molar-refractivity contribution in [3.63, 3.8) is 0 Å². The first-order chi connectivity index (χ1) is 13.2. The number of piperazine rings is 1. The summed E-state index contributed by atoms with van der Waals surface area (Å²) in [4.78, 5) is 4.71. The summed E-state index contributed by atoms with van der Waals surface area (Å²) in [5.74, 6) is 3.55. The SMILES string of the molecule is COc1ccccc1N1CCN(C[C@H](O)COC[C@@H]2C[C@H]3CC[C@H]2C3)CC1. The lowest BCUT2D eigenvalue weighted by atomic mass is 9.90. The monoisotopic (exact) mass is 374 g/mol. The number of fused-ring (bicyclic) bond motifs is 2. The van der Waals surface area contributed by atoms with Crippen LogP contribution in [-0.2, 0) is 4.74 Å². The quantitative estimate of drug-likeness (QED) is 0.758. The molecule has 1 heterocycles. The molecule has 1 saturated heterocycles. The molecule has 0 radical (unpaired) electrons. The topological polar surface area (TPSA) is 45.2 Å². The lowest BCUT2D eigenvalue weighted by Gasteiger charge is -2.37. The summed E-state index contributed by atoms with van der Waals surface area (Å²) in [5.41, 5.74) is 1.16. The minimum Gasteiger partial charge on any atom is -0.495 e. The van der Waals surface area contributed by atoms with Crippen molar-refractivity contribution in [1.82, 2.24) is 4.90 Å². The van der Waals surface area contributed by atoms with E-state index in [1.807, 2.05) is 12.1 Å². The van der Waals surface area contributed by atoms with E-state index in [1.165, 1.54) is 25.7 Å².